The van der Waals surface area contributed by atoms with Crippen molar-refractivity contribution in [1.29, 1.82) is 0 Å². The number of carbonyl (C=O) groups is 1. The van der Waals surface area contributed by atoms with Crippen LogP contribution in [-0.2, 0) is 29.6 Å². The minimum atomic E-state index is -0.915. The Bertz CT molecular complexity index is 800. The average Bonchev–Trinajstić information content (AvgIpc) is 2.67. The molecule has 2 aromatic rings. The number of hydrogen-bond donors (Lipinski definition) is 1. The van der Waals surface area contributed by atoms with E-state index in [-0.39, 0.29) is 5.91 Å². The Morgan fingerprint density at radius 3 is 2.52 bits per heavy atom. The van der Waals surface area contributed by atoms with Crippen LogP contribution in [0.2, 0.25) is 0 Å². The molecule has 0 bridgehead atoms. The lowest BCUT2D eigenvalue weighted by Gasteiger charge is -2.27. The van der Waals surface area contributed by atoms with Crippen LogP contribution in [0.3, 0.4) is 0 Å². The number of benzene rings is 2. The number of hydrogen-bond acceptors (Lipinski definition) is 3. The first-order valence-corrected chi connectivity index (χ1v) is 11.3. The average molecular weight is 385 g/mol. The molecular formula is C22H28N2O2S. The summed E-state index contributed by atoms with van der Waals surface area (Å²) in [6.45, 7) is 3.79. The van der Waals surface area contributed by atoms with Gasteiger partial charge in [0, 0.05) is 41.5 Å². The fraction of sp³-hybridized carbons (Fsp3) is 0.409. The van der Waals surface area contributed by atoms with Crippen LogP contribution in [0.5, 0.6) is 0 Å². The summed E-state index contributed by atoms with van der Waals surface area (Å²) >= 11 is 0. The quantitative estimate of drug-likeness (QED) is 0.795. The van der Waals surface area contributed by atoms with Gasteiger partial charge in [-0.3, -0.25) is 13.9 Å². The van der Waals surface area contributed by atoms with Crippen molar-refractivity contribution in [1.82, 2.24) is 10.2 Å². The first-order valence-electron chi connectivity index (χ1n) is 9.58. The van der Waals surface area contributed by atoms with Gasteiger partial charge >= 0.3 is 0 Å². The molecule has 5 heteroatoms. The van der Waals surface area contributed by atoms with Gasteiger partial charge in [0.1, 0.15) is 0 Å². The van der Waals surface area contributed by atoms with Gasteiger partial charge in [0.15, 0.2) is 0 Å². The SMILES string of the molecule is CS(=O)Cc1cccc(C(=O)NCc2ccccc2CN2CCCCC2)c1. The molecular weight excluding hydrogens is 356 g/mol. The van der Waals surface area contributed by atoms with Crippen molar-refractivity contribution in [3.63, 3.8) is 0 Å². The second-order valence-electron chi connectivity index (χ2n) is 7.21. The van der Waals surface area contributed by atoms with E-state index < -0.39 is 10.8 Å². The summed E-state index contributed by atoms with van der Waals surface area (Å²) in [5.74, 6) is 0.381. The van der Waals surface area contributed by atoms with Gasteiger partial charge in [-0.05, 0) is 54.8 Å². The van der Waals surface area contributed by atoms with Crippen molar-refractivity contribution >= 4 is 16.7 Å². The standard InChI is InChI=1S/C22H28N2O2S/c1-27(26)17-18-8-7-11-19(14-18)22(25)23-15-20-9-3-4-10-21(20)16-24-12-5-2-6-13-24/h3-4,7-11,14H,2,5-6,12-13,15-17H2,1H3,(H,23,25). The molecule has 1 saturated heterocycles. The normalized spacial score (nSPS) is 16.0. The van der Waals surface area contributed by atoms with Crippen LogP contribution in [0.25, 0.3) is 0 Å². The molecule has 1 N–H and O–H groups in total. The zero-order valence-electron chi connectivity index (χ0n) is 15.9. The van der Waals surface area contributed by atoms with Crippen molar-refractivity contribution in [2.75, 3.05) is 19.3 Å². The lowest BCUT2D eigenvalue weighted by molar-refractivity contribution is 0.0950. The Hall–Kier alpha value is -1.98. The Kier molecular flexibility index (Phi) is 7.18. The van der Waals surface area contributed by atoms with E-state index in [0.29, 0.717) is 17.9 Å². The summed E-state index contributed by atoms with van der Waals surface area (Å²) in [4.78, 5) is 15.1. The van der Waals surface area contributed by atoms with Gasteiger partial charge in [-0.2, -0.15) is 0 Å². The molecule has 27 heavy (non-hydrogen) atoms. The van der Waals surface area contributed by atoms with Crippen LogP contribution in [-0.4, -0.2) is 34.4 Å². The Morgan fingerprint density at radius 2 is 1.78 bits per heavy atom. The van der Waals surface area contributed by atoms with Crippen LogP contribution >= 0.6 is 0 Å². The number of amides is 1. The highest BCUT2D eigenvalue weighted by Gasteiger charge is 2.13. The molecule has 1 atom stereocenters. The first-order chi connectivity index (χ1) is 13.1. The third kappa shape index (κ3) is 6.01. The van der Waals surface area contributed by atoms with Gasteiger partial charge in [-0.25, -0.2) is 0 Å². The molecule has 1 aliphatic heterocycles. The van der Waals surface area contributed by atoms with Crippen LogP contribution in [0.1, 0.15) is 46.3 Å². The lowest BCUT2D eigenvalue weighted by Crippen LogP contribution is -2.30. The summed E-state index contributed by atoms with van der Waals surface area (Å²) in [6, 6.07) is 15.7. The van der Waals surface area contributed by atoms with E-state index in [4.69, 9.17) is 0 Å². The van der Waals surface area contributed by atoms with Gasteiger partial charge in [-0.1, -0.05) is 42.8 Å². The van der Waals surface area contributed by atoms with Crippen LogP contribution < -0.4 is 5.32 Å². The smallest absolute Gasteiger partial charge is 0.251 e. The molecule has 1 heterocycles. The van der Waals surface area contributed by atoms with Crippen LogP contribution in [0, 0.1) is 0 Å². The zero-order valence-corrected chi connectivity index (χ0v) is 16.8. The minimum absolute atomic E-state index is 0.0912. The molecule has 0 spiro atoms. The predicted octanol–water partition coefficient (Wildman–Crippen LogP) is 3.48. The lowest BCUT2D eigenvalue weighted by atomic mass is 10.0. The number of piperidine rings is 1. The molecule has 1 unspecified atom stereocenters. The van der Waals surface area contributed by atoms with Crippen molar-refractivity contribution in [2.24, 2.45) is 0 Å². The maximum atomic E-state index is 12.6. The summed E-state index contributed by atoms with van der Waals surface area (Å²) in [5, 5.41) is 3.04. The largest absolute Gasteiger partial charge is 0.348 e. The second-order valence-corrected chi connectivity index (χ2v) is 8.64. The van der Waals surface area contributed by atoms with E-state index in [1.54, 1.807) is 12.3 Å². The maximum absolute atomic E-state index is 12.6. The highest BCUT2D eigenvalue weighted by atomic mass is 32.2. The number of nitrogens with zero attached hydrogens (tertiary/aromatic N) is 1. The van der Waals surface area contributed by atoms with E-state index in [9.17, 15) is 9.00 Å². The Balaban J connectivity index is 1.62. The van der Waals surface area contributed by atoms with E-state index in [2.05, 4.69) is 28.4 Å². The number of rotatable bonds is 7. The number of likely N-dealkylation sites (tertiary alicyclic amines) is 1. The summed E-state index contributed by atoms with van der Waals surface area (Å²) in [5.41, 5.74) is 4.00. The van der Waals surface area contributed by atoms with Gasteiger partial charge in [0.25, 0.3) is 5.91 Å². The molecule has 0 radical (unpaired) electrons. The summed E-state index contributed by atoms with van der Waals surface area (Å²) < 4.78 is 11.4. The maximum Gasteiger partial charge on any atom is 0.251 e. The van der Waals surface area contributed by atoms with Crippen molar-refractivity contribution in [3.05, 3.63) is 70.8 Å². The van der Waals surface area contributed by atoms with Gasteiger partial charge in [-0.15, -0.1) is 0 Å². The zero-order chi connectivity index (χ0) is 19.1. The summed E-state index contributed by atoms with van der Waals surface area (Å²) in [6.07, 6.45) is 5.56. The predicted molar refractivity (Wildman–Crippen MR) is 111 cm³/mol. The minimum Gasteiger partial charge on any atom is -0.348 e. The molecule has 4 nitrogen and oxygen atoms in total. The van der Waals surface area contributed by atoms with E-state index in [1.807, 2.05) is 24.3 Å². The van der Waals surface area contributed by atoms with Gasteiger partial charge < -0.3 is 5.32 Å². The Morgan fingerprint density at radius 1 is 1.04 bits per heavy atom. The Labute approximate surface area is 164 Å². The molecule has 144 valence electrons. The third-order valence-electron chi connectivity index (χ3n) is 4.96. The highest BCUT2D eigenvalue weighted by molar-refractivity contribution is 7.83. The topological polar surface area (TPSA) is 49.4 Å². The molecule has 0 aliphatic carbocycles. The van der Waals surface area contributed by atoms with Crippen LogP contribution in [0.4, 0.5) is 0 Å². The van der Waals surface area contributed by atoms with E-state index in [1.165, 1.54) is 30.4 Å². The fourth-order valence-corrected chi connectivity index (χ4v) is 4.21. The molecule has 1 fully saturated rings. The molecule has 1 aliphatic rings. The number of carbonyl (C=O) groups excluding carboxylic acids is 1. The van der Waals surface area contributed by atoms with Crippen molar-refractivity contribution in [2.45, 2.75) is 38.1 Å². The second kappa shape index (κ2) is 9.81. The van der Waals surface area contributed by atoms with Crippen molar-refractivity contribution < 1.29 is 9.00 Å². The highest BCUT2D eigenvalue weighted by Crippen LogP contribution is 2.16. The molecule has 3 rings (SSSR count). The van der Waals surface area contributed by atoms with Gasteiger partial charge in [0.05, 0.1) is 0 Å². The molecule has 2 aromatic carbocycles. The fourth-order valence-electron chi connectivity index (χ4n) is 3.56. The molecule has 0 aromatic heterocycles. The third-order valence-corrected chi connectivity index (χ3v) is 5.70. The van der Waals surface area contributed by atoms with E-state index >= 15 is 0 Å². The molecule has 0 saturated carbocycles. The van der Waals surface area contributed by atoms with Crippen LogP contribution in [0.15, 0.2) is 48.5 Å². The van der Waals surface area contributed by atoms with E-state index in [0.717, 1.165) is 25.2 Å². The van der Waals surface area contributed by atoms with Crippen molar-refractivity contribution in [3.8, 4) is 0 Å². The summed E-state index contributed by atoms with van der Waals surface area (Å²) in [7, 11) is -0.915. The van der Waals surface area contributed by atoms with Gasteiger partial charge in [0.2, 0.25) is 0 Å². The number of nitrogens with one attached hydrogen (secondary N) is 1. The first kappa shape index (κ1) is 19.8. The molecule has 1 amide bonds. The monoisotopic (exact) mass is 384 g/mol.